The van der Waals surface area contributed by atoms with E-state index in [0.717, 1.165) is 29.9 Å². The lowest BCUT2D eigenvalue weighted by Crippen LogP contribution is -2.49. The highest BCUT2D eigenvalue weighted by atomic mass is 32.2. The van der Waals surface area contributed by atoms with E-state index >= 15 is 0 Å². The van der Waals surface area contributed by atoms with E-state index < -0.39 is 65.4 Å². The molecular formula is C35H55N10O12S3-. The molecule has 0 aliphatic carbocycles. The maximum atomic E-state index is 12.4. The number of amides is 2. The summed E-state index contributed by atoms with van der Waals surface area (Å²) < 4.78 is 24.8. The van der Waals surface area contributed by atoms with E-state index in [4.69, 9.17) is 15.9 Å². The molecule has 0 radical (unpaired) electrons. The number of ketones is 4. The van der Waals surface area contributed by atoms with E-state index in [0.29, 0.717) is 45.1 Å². The predicted molar refractivity (Wildman–Crippen MR) is 222 cm³/mol. The number of unbranched alkanes of at least 4 members (excludes halogenated alkanes) is 3. The maximum Gasteiger partial charge on any atom is 0.305 e. The molecule has 2 aromatic heterocycles. The number of carbonyl (C=O) groups is 8. The topological polar surface area (TPSA) is 348 Å². The number of anilines is 2. The van der Waals surface area contributed by atoms with Gasteiger partial charge >= 0.3 is 11.9 Å². The SMILES string of the molecule is CC(=O)CCCCn1cc(CCCC(=O)Nc2nnc(NS(=O)[O-])s2)nn1.CN[C@@H](CC(=O)O)C(=O)CCCCC[C@H](N)C(=O)N[C@@H](CC(=O)O)C(=O)C[C@@H](CS)C(C)=O. The highest BCUT2D eigenvalue weighted by Gasteiger charge is 2.29. The number of nitrogens with two attached hydrogens (primary N) is 1. The number of carbonyl (C=O) groups excluding carboxylic acids is 6. The molecule has 0 bridgehead atoms. The Morgan fingerprint density at radius 2 is 1.52 bits per heavy atom. The molecule has 2 aromatic rings. The molecule has 0 aromatic carbocycles. The summed E-state index contributed by atoms with van der Waals surface area (Å²) in [7, 11) is 1.52. The third-order valence-corrected chi connectivity index (χ3v) is 10.3. The Balaban J connectivity index is 0.000000610. The van der Waals surface area contributed by atoms with Crippen molar-refractivity contribution in [3.63, 3.8) is 0 Å². The van der Waals surface area contributed by atoms with Crippen LogP contribution in [0.5, 0.6) is 0 Å². The first kappa shape index (κ1) is 53.5. The van der Waals surface area contributed by atoms with Crippen LogP contribution in [-0.4, -0.2) is 122 Å². The molecule has 0 aliphatic heterocycles. The Morgan fingerprint density at radius 1 is 0.867 bits per heavy atom. The van der Waals surface area contributed by atoms with Crippen LogP contribution < -0.4 is 26.4 Å². The third kappa shape index (κ3) is 23.9. The second-order valence-electron chi connectivity index (χ2n) is 13.7. The molecule has 0 saturated carbocycles. The van der Waals surface area contributed by atoms with E-state index in [1.54, 1.807) is 11.6 Å². The van der Waals surface area contributed by atoms with Crippen molar-refractivity contribution in [3.8, 4) is 0 Å². The van der Waals surface area contributed by atoms with Gasteiger partial charge < -0.3 is 41.2 Å². The molecule has 336 valence electrons. The van der Waals surface area contributed by atoms with E-state index in [2.05, 4.69) is 53.8 Å². The number of carboxylic acids is 2. The Bertz CT molecular complexity index is 1760. The molecule has 2 amide bonds. The van der Waals surface area contributed by atoms with Gasteiger partial charge in [0.05, 0.1) is 36.7 Å². The lowest BCUT2D eigenvalue weighted by atomic mass is 9.95. The molecule has 25 heteroatoms. The van der Waals surface area contributed by atoms with Crippen LogP contribution in [0.3, 0.4) is 0 Å². The minimum absolute atomic E-state index is 0.0820. The number of rotatable bonds is 31. The van der Waals surface area contributed by atoms with E-state index in [1.807, 2.05) is 6.20 Å². The van der Waals surface area contributed by atoms with E-state index in [1.165, 1.54) is 14.0 Å². The quantitative estimate of drug-likeness (QED) is 0.0297. The molecule has 2 heterocycles. The number of nitrogens with one attached hydrogen (secondary N) is 4. The van der Waals surface area contributed by atoms with Crippen LogP contribution in [0.15, 0.2) is 6.20 Å². The fraction of sp³-hybridized carbons (Fsp3) is 0.657. The number of nitrogens with zero attached hydrogens (tertiary/aromatic N) is 5. The zero-order chi connectivity index (χ0) is 45.2. The second-order valence-corrected chi connectivity index (χ2v) is 15.7. The van der Waals surface area contributed by atoms with Crippen LogP contribution >= 0.6 is 24.0 Å². The molecule has 2 rings (SSSR count). The number of carboxylic acid groups (broad SMARTS) is 2. The highest BCUT2D eigenvalue weighted by Crippen LogP contribution is 2.20. The smallest absolute Gasteiger partial charge is 0.305 e. The number of likely N-dealkylation sites (N-methyl/N-ethyl adjacent to an activating group) is 1. The first-order valence-electron chi connectivity index (χ1n) is 19.1. The molecule has 1 unspecified atom stereocenters. The summed E-state index contributed by atoms with van der Waals surface area (Å²) in [6.07, 6.45) is 6.47. The molecule has 5 atom stereocenters. The third-order valence-electron chi connectivity index (χ3n) is 8.65. The van der Waals surface area contributed by atoms with Crippen LogP contribution in [-0.2, 0) is 62.6 Å². The molecular weight excluding hydrogens is 849 g/mol. The zero-order valence-electron chi connectivity index (χ0n) is 33.8. The average molecular weight is 904 g/mol. The molecule has 0 saturated heterocycles. The van der Waals surface area contributed by atoms with Crippen molar-refractivity contribution in [1.29, 1.82) is 0 Å². The summed E-state index contributed by atoms with van der Waals surface area (Å²) in [5.41, 5.74) is 6.66. The van der Waals surface area contributed by atoms with Crippen molar-refractivity contribution >= 4 is 92.4 Å². The van der Waals surface area contributed by atoms with Crippen molar-refractivity contribution in [2.24, 2.45) is 11.7 Å². The van der Waals surface area contributed by atoms with Crippen LogP contribution in [0.2, 0.25) is 0 Å². The summed E-state index contributed by atoms with van der Waals surface area (Å²) in [6, 6.07) is -3.02. The first-order chi connectivity index (χ1) is 28.3. The number of aryl methyl sites for hydroxylation is 2. The van der Waals surface area contributed by atoms with E-state index in [9.17, 15) is 47.1 Å². The van der Waals surface area contributed by atoms with Gasteiger partial charge in [0.15, 0.2) is 5.78 Å². The normalized spacial score (nSPS) is 13.4. The number of thiol groups is 1. The second kappa shape index (κ2) is 29.6. The Kier molecular flexibility index (Phi) is 26.4. The fourth-order valence-corrected chi connectivity index (χ4v) is 6.78. The number of aromatic nitrogens is 5. The average Bonchev–Trinajstić information content (AvgIpc) is 3.81. The summed E-state index contributed by atoms with van der Waals surface area (Å²) in [6.45, 7) is 3.61. The van der Waals surface area contributed by atoms with Gasteiger partial charge in [-0.2, -0.15) is 12.6 Å². The first-order valence-corrected chi connectivity index (χ1v) is 21.6. The molecule has 0 spiro atoms. The van der Waals surface area contributed by atoms with Gasteiger partial charge in [0.1, 0.15) is 17.3 Å². The number of aliphatic carboxylic acids is 2. The maximum absolute atomic E-state index is 12.4. The largest absolute Gasteiger partial charge is 0.755 e. The number of hydrogen-bond acceptors (Lipinski definition) is 18. The van der Waals surface area contributed by atoms with Crippen molar-refractivity contribution in [2.45, 2.75) is 128 Å². The Hall–Kier alpha value is -4.56. The minimum atomic E-state index is -2.48. The van der Waals surface area contributed by atoms with Crippen LogP contribution in [0.25, 0.3) is 0 Å². The molecule has 0 aliphatic rings. The Morgan fingerprint density at radius 3 is 2.12 bits per heavy atom. The van der Waals surface area contributed by atoms with Crippen LogP contribution in [0.1, 0.15) is 103 Å². The minimum Gasteiger partial charge on any atom is -0.755 e. The fourth-order valence-electron chi connectivity index (χ4n) is 5.33. The molecule has 60 heavy (non-hydrogen) atoms. The molecule has 8 N–H and O–H groups in total. The molecule has 22 nitrogen and oxygen atoms in total. The summed E-state index contributed by atoms with van der Waals surface area (Å²) in [4.78, 5) is 92.9. The van der Waals surface area contributed by atoms with Gasteiger partial charge in [0, 0.05) is 61.4 Å². The van der Waals surface area contributed by atoms with Crippen molar-refractivity contribution in [3.05, 3.63) is 11.9 Å². The summed E-state index contributed by atoms with van der Waals surface area (Å²) >= 11 is 2.47. The highest BCUT2D eigenvalue weighted by molar-refractivity contribution is 7.80. The number of Topliss-reactive ketones (excluding diaryl/α,β-unsaturated/α-hetero) is 4. The standard InChI is InChI=1S/C21H35N3O8S.C14H21N7O4S2/c1-12(25)13(11-33)8-18(27)16(10-20(30)31)24-21(32)14(22)6-4-3-5-7-17(26)15(23-2)9-19(28)29;1-10(22)5-2-3-8-21-9-11(16-20-21)6-4-7-12(23)15-13-17-18-14(26-13)19-27(24)25/h13-16,23,33H,3-11,22H2,1-2H3,(H,24,32)(H,28,29)(H,30,31);9H,2-8H2,1H3,(H,18,19)(H,24,25)(H,15,17,23)/p-1/t13-,14-,15-,16-;/m0./s1. The predicted octanol–water partition coefficient (Wildman–Crippen LogP) is 1.01. The van der Waals surface area contributed by atoms with Gasteiger partial charge in [-0.25, -0.2) is 0 Å². The summed E-state index contributed by atoms with van der Waals surface area (Å²) in [5, 5.41) is 41.1. The van der Waals surface area contributed by atoms with Gasteiger partial charge in [0.2, 0.25) is 22.1 Å². The molecule has 0 fully saturated rings. The lowest BCUT2D eigenvalue weighted by molar-refractivity contribution is -0.140. The summed E-state index contributed by atoms with van der Waals surface area (Å²) in [5.74, 6) is -4.64. The van der Waals surface area contributed by atoms with Gasteiger partial charge in [-0.05, 0) is 59.4 Å². The van der Waals surface area contributed by atoms with Gasteiger partial charge in [-0.3, -0.25) is 47.2 Å². The van der Waals surface area contributed by atoms with Crippen molar-refractivity contribution in [2.75, 3.05) is 22.8 Å². The van der Waals surface area contributed by atoms with Crippen LogP contribution in [0, 0.1) is 5.92 Å². The number of hydrogen-bond donors (Lipinski definition) is 8. The van der Waals surface area contributed by atoms with Gasteiger partial charge in [-0.15, -0.1) is 15.3 Å². The van der Waals surface area contributed by atoms with Crippen LogP contribution in [0.4, 0.5) is 10.3 Å². The monoisotopic (exact) mass is 903 g/mol. The van der Waals surface area contributed by atoms with Gasteiger partial charge in [-0.1, -0.05) is 29.4 Å². The Labute approximate surface area is 359 Å². The zero-order valence-corrected chi connectivity index (χ0v) is 36.3. The van der Waals surface area contributed by atoms with Crippen molar-refractivity contribution in [1.82, 2.24) is 35.8 Å². The van der Waals surface area contributed by atoms with Crippen molar-refractivity contribution < 1.29 is 57.3 Å². The van der Waals surface area contributed by atoms with E-state index in [-0.39, 0.29) is 71.4 Å². The van der Waals surface area contributed by atoms with Gasteiger partial charge in [0.25, 0.3) is 0 Å². The lowest BCUT2D eigenvalue weighted by Gasteiger charge is -2.20.